The molecule has 0 aromatic carbocycles. The van der Waals surface area contributed by atoms with Gasteiger partial charge in [0.1, 0.15) is 11.6 Å². The summed E-state index contributed by atoms with van der Waals surface area (Å²) in [5, 5.41) is 15.7. The molecule has 11 nitrogen and oxygen atoms in total. The molecule has 0 radical (unpaired) electrons. The Hall–Kier alpha value is -1.60. The molecular weight excluding hydrogens is 430 g/mol. The Morgan fingerprint density at radius 2 is 1.94 bits per heavy atom. The first-order valence-corrected chi connectivity index (χ1v) is 11.2. The highest BCUT2D eigenvalue weighted by Gasteiger charge is 2.54. The third kappa shape index (κ3) is 9.19. The van der Waals surface area contributed by atoms with Gasteiger partial charge in [-0.3, -0.25) is 4.79 Å². The zero-order valence-electron chi connectivity index (χ0n) is 18.8. The van der Waals surface area contributed by atoms with Gasteiger partial charge in [-0.1, -0.05) is 0 Å². The summed E-state index contributed by atoms with van der Waals surface area (Å²) in [6.45, 7) is 7.05. The van der Waals surface area contributed by atoms with Crippen LogP contribution in [0.15, 0.2) is 0 Å². The first kappa shape index (κ1) is 27.4. The Balaban J connectivity index is 3.01. The molecule has 5 N–H and O–H groups in total. The first-order chi connectivity index (χ1) is 14.4. The first-order valence-electron chi connectivity index (χ1n) is 10.1. The lowest BCUT2D eigenvalue weighted by molar-refractivity contribution is -0.322. The third-order valence-electron chi connectivity index (χ3n) is 4.14. The monoisotopic (exact) mass is 465 g/mol. The molecule has 0 unspecified atom stereocenters. The van der Waals surface area contributed by atoms with Crippen molar-refractivity contribution in [3.63, 3.8) is 0 Å². The van der Waals surface area contributed by atoms with Crippen molar-refractivity contribution in [1.29, 1.82) is 0 Å². The Bertz CT molecular complexity index is 615. The summed E-state index contributed by atoms with van der Waals surface area (Å²) < 4.78 is 21.3. The molecule has 1 fully saturated rings. The van der Waals surface area contributed by atoms with Crippen LogP contribution >= 0.6 is 11.8 Å². The fourth-order valence-corrected chi connectivity index (χ4v) is 3.65. The van der Waals surface area contributed by atoms with E-state index in [2.05, 4.69) is 10.6 Å². The summed E-state index contributed by atoms with van der Waals surface area (Å²) in [6.07, 6.45) is -2.04. The van der Waals surface area contributed by atoms with Crippen LogP contribution in [0.2, 0.25) is 0 Å². The van der Waals surface area contributed by atoms with Crippen LogP contribution < -0.4 is 16.4 Å². The fourth-order valence-electron chi connectivity index (χ4n) is 2.96. The highest BCUT2D eigenvalue weighted by molar-refractivity contribution is 7.99. The molecule has 31 heavy (non-hydrogen) atoms. The van der Waals surface area contributed by atoms with E-state index >= 15 is 0 Å². The van der Waals surface area contributed by atoms with Gasteiger partial charge >= 0.3 is 12.1 Å². The quantitative estimate of drug-likeness (QED) is 0.257. The van der Waals surface area contributed by atoms with Crippen molar-refractivity contribution in [2.45, 2.75) is 70.3 Å². The molecule has 12 heteroatoms. The summed E-state index contributed by atoms with van der Waals surface area (Å²) in [6, 6.07) is -1.97. The minimum atomic E-state index is -1.96. The molecule has 0 bridgehead atoms. The Morgan fingerprint density at radius 3 is 2.48 bits per heavy atom. The van der Waals surface area contributed by atoms with E-state index in [1.807, 2.05) is 0 Å². The predicted octanol–water partition coefficient (Wildman–Crippen LogP) is 0.0910. The van der Waals surface area contributed by atoms with Crippen LogP contribution in [0.25, 0.3) is 0 Å². The molecule has 180 valence electrons. The lowest BCUT2D eigenvalue weighted by Gasteiger charge is -2.44. The van der Waals surface area contributed by atoms with Crippen LogP contribution in [0.1, 0.15) is 40.5 Å². The smallest absolute Gasteiger partial charge is 0.407 e. The predicted molar refractivity (Wildman–Crippen MR) is 114 cm³/mol. The number of esters is 1. The second-order valence-corrected chi connectivity index (χ2v) is 9.26. The van der Waals surface area contributed by atoms with E-state index in [9.17, 15) is 19.5 Å². The van der Waals surface area contributed by atoms with Crippen LogP contribution in [-0.4, -0.2) is 84.6 Å². The Morgan fingerprint density at radius 1 is 1.26 bits per heavy atom. The number of hydrogen-bond acceptors (Lipinski definition) is 10. The molecule has 0 aromatic rings. The van der Waals surface area contributed by atoms with Crippen molar-refractivity contribution in [3.05, 3.63) is 0 Å². The number of carbonyl (C=O) groups excluding carboxylic acids is 3. The fraction of sp³-hybridized carbons (Fsp3) is 0.842. The number of nitrogens with one attached hydrogen (secondary N) is 2. The number of aliphatic hydroxyl groups is 1. The topological polar surface area (TPSA) is 158 Å². The van der Waals surface area contributed by atoms with Crippen molar-refractivity contribution >= 4 is 29.7 Å². The van der Waals surface area contributed by atoms with Gasteiger partial charge in [-0.25, -0.2) is 9.59 Å². The highest BCUT2D eigenvalue weighted by atomic mass is 32.2. The van der Waals surface area contributed by atoms with Crippen molar-refractivity contribution < 1.29 is 38.4 Å². The third-order valence-corrected chi connectivity index (χ3v) is 5.24. The molecule has 1 aliphatic rings. The Labute approximate surface area is 187 Å². The van der Waals surface area contributed by atoms with Gasteiger partial charge < -0.3 is 40.4 Å². The number of aliphatic hydroxyl groups excluding tert-OH is 1. The van der Waals surface area contributed by atoms with Gasteiger partial charge in [0.05, 0.1) is 19.8 Å². The summed E-state index contributed by atoms with van der Waals surface area (Å²) in [7, 11) is 1.16. The van der Waals surface area contributed by atoms with Crippen molar-refractivity contribution in [2.75, 3.05) is 31.8 Å². The van der Waals surface area contributed by atoms with E-state index in [1.165, 1.54) is 6.92 Å². The van der Waals surface area contributed by atoms with Gasteiger partial charge in [0.25, 0.3) is 5.79 Å². The summed E-state index contributed by atoms with van der Waals surface area (Å²) in [4.78, 5) is 36.5. The zero-order chi connectivity index (χ0) is 23.7. The molecule has 1 heterocycles. The normalized spacial score (nSPS) is 26.1. The number of carbonyl (C=O) groups is 3. The van der Waals surface area contributed by atoms with Crippen LogP contribution in [0.3, 0.4) is 0 Å². The highest BCUT2D eigenvalue weighted by Crippen LogP contribution is 2.32. The van der Waals surface area contributed by atoms with Crippen LogP contribution in [0.5, 0.6) is 0 Å². The van der Waals surface area contributed by atoms with Gasteiger partial charge in [-0.2, -0.15) is 11.8 Å². The number of thioether (sulfide) groups is 1. The largest absolute Gasteiger partial charge is 0.465 e. The van der Waals surface area contributed by atoms with E-state index in [0.717, 1.165) is 18.6 Å². The number of ether oxygens (including phenoxy) is 4. The number of alkyl carbamates (subject to hydrolysis) is 1. The lowest BCUT2D eigenvalue weighted by atomic mass is 9.94. The molecule has 2 amide bonds. The van der Waals surface area contributed by atoms with Crippen molar-refractivity contribution in [3.8, 4) is 0 Å². The summed E-state index contributed by atoms with van der Waals surface area (Å²) >= 11 is 1.64. The number of hydrogen-bond donors (Lipinski definition) is 4. The molecule has 0 spiro atoms. The standard InChI is InChI=1S/C19H35N3O8S/c1-12(23)21-14-13(22-17(26)30-18(2,3)4)11-19(16(25)27-5,29-15(14)24)28-8-6-9-31-10-7-20/h13-15,24H,6-11,20H2,1-5H3,(H,21,23)(H,22,26)/t13-,14+,15+,19+/m0/s1. The van der Waals surface area contributed by atoms with Crippen LogP contribution in [0, 0.1) is 0 Å². The van der Waals surface area contributed by atoms with E-state index in [4.69, 9.17) is 24.7 Å². The maximum absolute atomic E-state index is 12.6. The molecule has 0 aromatic heterocycles. The zero-order valence-corrected chi connectivity index (χ0v) is 19.6. The number of methoxy groups -OCH3 is 1. The minimum Gasteiger partial charge on any atom is -0.465 e. The lowest BCUT2D eigenvalue weighted by Crippen LogP contribution is -2.68. The molecule has 1 aliphatic heterocycles. The Kier molecular flexibility index (Phi) is 11.0. The molecule has 1 saturated heterocycles. The second kappa shape index (κ2) is 12.4. The summed E-state index contributed by atoms with van der Waals surface area (Å²) in [5.41, 5.74) is 4.69. The molecule has 4 atom stereocenters. The van der Waals surface area contributed by atoms with Crippen molar-refractivity contribution in [1.82, 2.24) is 10.6 Å². The van der Waals surface area contributed by atoms with Crippen LogP contribution in [-0.2, 0) is 28.5 Å². The molecule has 0 aliphatic carbocycles. The van der Waals surface area contributed by atoms with Gasteiger partial charge in [-0.15, -0.1) is 0 Å². The number of nitrogens with two attached hydrogens (primary N) is 1. The van der Waals surface area contributed by atoms with Gasteiger partial charge in [0.15, 0.2) is 6.29 Å². The van der Waals surface area contributed by atoms with Crippen molar-refractivity contribution in [2.24, 2.45) is 5.73 Å². The van der Waals surface area contributed by atoms with Gasteiger partial charge in [0.2, 0.25) is 5.91 Å². The van der Waals surface area contributed by atoms with E-state index in [-0.39, 0.29) is 13.0 Å². The second-order valence-electron chi connectivity index (χ2n) is 8.04. The van der Waals surface area contributed by atoms with Gasteiger partial charge in [-0.05, 0) is 32.9 Å². The molecule has 0 saturated carbocycles. The molecule has 1 rings (SSSR count). The number of amides is 2. The molecular formula is C19H35N3O8S. The SMILES string of the molecule is COC(=O)[C@@]1(OCCCSCCN)C[C@H](NC(=O)OC(C)(C)C)[C@@H](NC(C)=O)[C@H](O)O1. The summed E-state index contributed by atoms with van der Waals surface area (Å²) in [5.74, 6) is -1.71. The average molecular weight is 466 g/mol. The van der Waals surface area contributed by atoms with E-state index in [0.29, 0.717) is 13.0 Å². The number of rotatable bonds is 10. The van der Waals surface area contributed by atoms with Crippen LogP contribution in [0.4, 0.5) is 4.79 Å². The maximum atomic E-state index is 12.6. The average Bonchev–Trinajstić information content (AvgIpc) is 2.65. The van der Waals surface area contributed by atoms with E-state index in [1.54, 1.807) is 32.5 Å². The maximum Gasteiger partial charge on any atom is 0.407 e. The van der Waals surface area contributed by atoms with Gasteiger partial charge in [0, 0.05) is 25.6 Å². The minimum absolute atomic E-state index is 0.142. The van der Waals surface area contributed by atoms with E-state index < -0.39 is 47.7 Å².